The molecule has 1 N–H and O–H groups in total. The van der Waals surface area contributed by atoms with Crippen LogP contribution in [-0.2, 0) is 4.74 Å². The number of carbonyl (C=O) groups excluding carboxylic acids is 1. The number of alkyl carbamates (subject to hydrolysis) is 1. The topological polar surface area (TPSA) is 65.4 Å². The van der Waals surface area contributed by atoms with Gasteiger partial charge in [0.25, 0.3) is 0 Å². The lowest BCUT2D eigenvalue weighted by molar-refractivity contribution is 0.0467. The van der Waals surface area contributed by atoms with Crippen molar-refractivity contribution in [3.05, 3.63) is 0 Å². The molecule has 1 rings (SSSR count). The number of hydrogen-bond acceptors (Lipinski definition) is 4. The quantitative estimate of drug-likeness (QED) is 0.816. The van der Waals surface area contributed by atoms with E-state index in [2.05, 4.69) is 16.3 Å². The zero-order valence-electron chi connectivity index (χ0n) is 11.7. The van der Waals surface area contributed by atoms with Crippen LogP contribution in [0.15, 0.2) is 0 Å². The van der Waals surface area contributed by atoms with Crippen LogP contribution in [0.1, 0.15) is 40.5 Å². The van der Waals surface area contributed by atoms with Crippen molar-refractivity contribution in [3.8, 4) is 6.07 Å². The van der Waals surface area contributed by atoms with Crippen molar-refractivity contribution in [2.45, 2.75) is 58.2 Å². The lowest BCUT2D eigenvalue weighted by Gasteiger charge is -2.34. The molecule has 0 aliphatic carbocycles. The summed E-state index contributed by atoms with van der Waals surface area (Å²) in [6.45, 7) is 9.05. The predicted octanol–water partition coefficient (Wildman–Crippen LogP) is 1.89. The third kappa shape index (κ3) is 4.92. The largest absolute Gasteiger partial charge is 0.444 e. The normalized spacial score (nSPS) is 22.9. The zero-order valence-corrected chi connectivity index (χ0v) is 11.7. The minimum atomic E-state index is -0.474. The summed E-state index contributed by atoms with van der Waals surface area (Å²) < 4.78 is 5.23. The van der Waals surface area contributed by atoms with E-state index in [0.29, 0.717) is 6.54 Å². The number of nitrogens with one attached hydrogen (secondary N) is 1. The maximum absolute atomic E-state index is 11.7. The Balaban J connectivity index is 2.43. The average Bonchev–Trinajstić information content (AvgIpc) is 2.25. The number of ether oxygens (including phenoxy) is 1. The van der Waals surface area contributed by atoms with Gasteiger partial charge in [0.1, 0.15) is 5.60 Å². The number of nitriles is 1. The summed E-state index contributed by atoms with van der Waals surface area (Å²) in [5.74, 6) is 0. The van der Waals surface area contributed by atoms with Gasteiger partial charge in [-0.15, -0.1) is 0 Å². The van der Waals surface area contributed by atoms with Crippen molar-refractivity contribution < 1.29 is 9.53 Å². The molecule has 0 aromatic heterocycles. The fourth-order valence-electron chi connectivity index (χ4n) is 2.03. The lowest BCUT2D eigenvalue weighted by atomic mass is 10.0. The molecule has 0 aromatic carbocycles. The molecule has 0 unspecified atom stereocenters. The minimum Gasteiger partial charge on any atom is -0.444 e. The van der Waals surface area contributed by atoms with Crippen LogP contribution in [0.5, 0.6) is 0 Å². The summed E-state index contributed by atoms with van der Waals surface area (Å²) in [6.07, 6.45) is 1.55. The molecule has 5 nitrogen and oxygen atoms in total. The van der Waals surface area contributed by atoms with E-state index in [1.807, 2.05) is 27.7 Å². The van der Waals surface area contributed by atoms with Crippen LogP contribution < -0.4 is 5.32 Å². The molecule has 2 atom stereocenters. The highest BCUT2D eigenvalue weighted by molar-refractivity contribution is 5.68. The molecule has 102 valence electrons. The van der Waals surface area contributed by atoms with Crippen molar-refractivity contribution in [2.24, 2.45) is 0 Å². The van der Waals surface area contributed by atoms with Gasteiger partial charge in [-0.3, -0.25) is 4.90 Å². The summed E-state index contributed by atoms with van der Waals surface area (Å²) in [5, 5.41) is 11.8. The average molecular weight is 253 g/mol. The van der Waals surface area contributed by atoms with Gasteiger partial charge in [-0.25, -0.2) is 4.79 Å². The van der Waals surface area contributed by atoms with E-state index in [1.165, 1.54) is 0 Å². The van der Waals surface area contributed by atoms with Crippen molar-refractivity contribution in [1.82, 2.24) is 10.2 Å². The van der Waals surface area contributed by atoms with Crippen LogP contribution in [0.3, 0.4) is 0 Å². The van der Waals surface area contributed by atoms with Crippen LogP contribution in [0.4, 0.5) is 4.79 Å². The second-order valence-electron chi connectivity index (χ2n) is 5.79. The van der Waals surface area contributed by atoms with E-state index in [-0.39, 0.29) is 18.2 Å². The van der Waals surface area contributed by atoms with Gasteiger partial charge in [0.2, 0.25) is 0 Å². The van der Waals surface area contributed by atoms with Crippen molar-refractivity contribution in [1.29, 1.82) is 5.26 Å². The Morgan fingerprint density at radius 3 is 2.78 bits per heavy atom. The number of nitrogens with zero attached hydrogens (tertiary/aromatic N) is 2. The Kier molecular flexibility index (Phi) is 4.97. The Bertz CT molecular complexity index is 330. The number of rotatable bonds is 2. The van der Waals surface area contributed by atoms with E-state index >= 15 is 0 Å². The third-order valence-corrected chi connectivity index (χ3v) is 2.91. The molecule has 0 bridgehead atoms. The summed E-state index contributed by atoms with van der Waals surface area (Å²) in [7, 11) is 0. The minimum absolute atomic E-state index is 0.0735. The zero-order chi connectivity index (χ0) is 13.8. The number of hydrogen-bond donors (Lipinski definition) is 1. The molecule has 0 spiro atoms. The second kappa shape index (κ2) is 6.05. The van der Waals surface area contributed by atoms with Gasteiger partial charge < -0.3 is 10.1 Å². The van der Waals surface area contributed by atoms with Gasteiger partial charge in [0.15, 0.2) is 0 Å². The van der Waals surface area contributed by atoms with Crippen molar-refractivity contribution in [3.63, 3.8) is 0 Å². The second-order valence-corrected chi connectivity index (χ2v) is 5.79. The number of piperidine rings is 1. The molecule has 0 aromatic rings. The Labute approximate surface area is 109 Å². The van der Waals surface area contributed by atoms with Gasteiger partial charge in [-0.05, 0) is 47.1 Å². The summed E-state index contributed by atoms with van der Waals surface area (Å²) in [4.78, 5) is 13.7. The first-order valence-electron chi connectivity index (χ1n) is 6.45. The molecule has 1 aliphatic rings. The molecule has 5 heteroatoms. The first-order valence-corrected chi connectivity index (χ1v) is 6.45. The van der Waals surface area contributed by atoms with Crippen LogP contribution >= 0.6 is 0 Å². The molecule has 0 saturated carbocycles. The standard InChI is InChI=1S/C13H23N3O2/c1-10(8-14)16-7-5-6-11(9-16)15-12(17)18-13(2,3)4/h10-11H,5-7,9H2,1-4H3,(H,15,17)/t10-,11-/m1/s1. The van der Waals surface area contributed by atoms with Gasteiger partial charge in [-0.1, -0.05) is 0 Å². The fourth-order valence-corrected chi connectivity index (χ4v) is 2.03. The maximum atomic E-state index is 11.7. The number of likely N-dealkylation sites (tertiary alicyclic amines) is 1. The van der Waals surface area contributed by atoms with Crippen LogP contribution in [0, 0.1) is 11.3 Å². The Hall–Kier alpha value is -1.28. The first kappa shape index (κ1) is 14.8. The van der Waals surface area contributed by atoms with E-state index in [0.717, 1.165) is 19.4 Å². The number of amides is 1. The summed E-state index contributed by atoms with van der Waals surface area (Å²) in [6, 6.07) is 2.20. The maximum Gasteiger partial charge on any atom is 0.407 e. The van der Waals surface area contributed by atoms with Crippen LogP contribution in [0.25, 0.3) is 0 Å². The molecular weight excluding hydrogens is 230 g/mol. The first-order chi connectivity index (χ1) is 8.31. The molecule has 18 heavy (non-hydrogen) atoms. The van der Waals surface area contributed by atoms with Gasteiger partial charge in [0, 0.05) is 12.6 Å². The molecule has 1 fully saturated rings. The van der Waals surface area contributed by atoms with Crippen molar-refractivity contribution in [2.75, 3.05) is 13.1 Å². The molecule has 1 saturated heterocycles. The Morgan fingerprint density at radius 1 is 1.56 bits per heavy atom. The van der Waals surface area contributed by atoms with Crippen LogP contribution in [0.2, 0.25) is 0 Å². The third-order valence-electron chi connectivity index (χ3n) is 2.91. The fraction of sp³-hybridized carbons (Fsp3) is 0.846. The summed E-state index contributed by atoms with van der Waals surface area (Å²) >= 11 is 0. The van der Waals surface area contributed by atoms with E-state index in [9.17, 15) is 4.79 Å². The molecule has 1 aliphatic heterocycles. The summed E-state index contributed by atoms with van der Waals surface area (Å²) in [5.41, 5.74) is -0.474. The van der Waals surface area contributed by atoms with E-state index in [4.69, 9.17) is 10.00 Å². The van der Waals surface area contributed by atoms with Crippen LogP contribution in [-0.4, -0.2) is 41.8 Å². The lowest BCUT2D eigenvalue weighted by Crippen LogP contribution is -2.50. The SMILES string of the molecule is C[C@H](C#N)N1CCC[C@@H](NC(=O)OC(C)(C)C)C1. The monoisotopic (exact) mass is 253 g/mol. The van der Waals surface area contributed by atoms with Crippen molar-refractivity contribution >= 4 is 6.09 Å². The Morgan fingerprint density at radius 2 is 2.22 bits per heavy atom. The van der Waals surface area contributed by atoms with Gasteiger partial charge in [-0.2, -0.15) is 5.26 Å². The number of carbonyl (C=O) groups is 1. The molecule has 1 heterocycles. The molecular formula is C13H23N3O2. The molecule has 1 amide bonds. The predicted molar refractivity (Wildman–Crippen MR) is 69.0 cm³/mol. The highest BCUT2D eigenvalue weighted by atomic mass is 16.6. The van der Waals surface area contributed by atoms with Gasteiger partial charge in [0.05, 0.1) is 12.1 Å². The molecule has 0 radical (unpaired) electrons. The highest BCUT2D eigenvalue weighted by Gasteiger charge is 2.26. The van der Waals surface area contributed by atoms with E-state index in [1.54, 1.807) is 0 Å². The van der Waals surface area contributed by atoms with E-state index < -0.39 is 5.60 Å². The van der Waals surface area contributed by atoms with Gasteiger partial charge >= 0.3 is 6.09 Å². The smallest absolute Gasteiger partial charge is 0.407 e. The highest BCUT2D eigenvalue weighted by Crippen LogP contribution is 2.14.